The van der Waals surface area contributed by atoms with Crippen LogP contribution in [0.5, 0.6) is 0 Å². The highest BCUT2D eigenvalue weighted by Gasteiger charge is 1.96. The molecule has 12 heavy (non-hydrogen) atoms. The highest BCUT2D eigenvalue weighted by atomic mass is 35.5. The van der Waals surface area contributed by atoms with Crippen LogP contribution in [0, 0.1) is 4.64 Å². The minimum atomic E-state index is 0.609. The van der Waals surface area contributed by atoms with Crippen molar-refractivity contribution in [3.8, 4) is 0 Å². The Labute approximate surface area is 80.0 Å². The van der Waals surface area contributed by atoms with Crippen molar-refractivity contribution in [2.24, 2.45) is 0 Å². The predicted molar refractivity (Wildman–Crippen MR) is 54.1 cm³/mol. The maximum atomic E-state index is 5.94. The molecule has 2 aromatic rings. The van der Waals surface area contributed by atoms with Crippen molar-refractivity contribution in [3.63, 3.8) is 0 Å². The van der Waals surface area contributed by atoms with Crippen molar-refractivity contribution in [3.05, 3.63) is 40.1 Å². The minimum Gasteiger partial charge on any atom is -0.337 e. The smallest absolute Gasteiger partial charge is 0.115 e. The number of hydrogen-bond acceptors (Lipinski definition) is 1. The van der Waals surface area contributed by atoms with E-state index in [1.807, 2.05) is 30.3 Å². The van der Waals surface area contributed by atoms with Gasteiger partial charge in [-0.1, -0.05) is 48.1 Å². The number of aromatic amines is 1. The van der Waals surface area contributed by atoms with Gasteiger partial charge in [0.1, 0.15) is 9.79 Å². The molecule has 1 nitrogen and oxygen atoms in total. The standard InChI is InChI=1S/C9H6ClNS/c10-9-7-4-2-1-3-6(7)5-8(12)11-9/h1-5H,(H,11,12). The first-order valence-corrected chi connectivity index (χ1v) is 4.33. The average Bonchev–Trinajstić information content (AvgIpc) is 2.04. The van der Waals surface area contributed by atoms with Gasteiger partial charge in [0.15, 0.2) is 0 Å². The molecule has 0 spiro atoms. The molecule has 0 saturated heterocycles. The van der Waals surface area contributed by atoms with Gasteiger partial charge in [-0.25, -0.2) is 0 Å². The fourth-order valence-electron chi connectivity index (χ4n) is 1.18. The van der Waals surface area contributed by atoms with Crippen LogP contribution in [-0.2, 0) is 0 Å². The third kappa shape index (κ3) is 1.24. The molecule has 0 aliphatic rings. The third-order valence-corrected chi connectivity index (χ3v) is 2.23. The highest BCUT2D eigenvalue weighted by molar-refractivity contribution is 7.71. The second-order valence-electron chi connectivity index (χ2n) is 2.53. The fourth-order valence-corrected chi connectivity index (χ4v) is 1.73. The van der Waals surface area contributed by atoms with Crippen LogP contribution in [0.4, 0.5) is 0 Å². The zero-order valence-corrected chi connectivity index (χ0v) is 7.75. The summed E-state index contributed by atoms with van der Waals surface area (Å²) in [5.41, 5.74) is 0. The Hall–Kier alpha value is -0.860. The van der Waals surface area contributed by atoms with Crippen molar-refractivity contribution in [1.29, 1.82) is 0 Å². The van der Waals surface area contributed by atoms with Gasteiger partial charge in [0.05, 0.1) is 0 Å². The molecule has 0 atom stereocenters. The summed E-state index contributed by atoms with van der Waals surface area (Å²) in [6.07, 6.45) is 0. The number of halogens is 1. The van der Waals surface area contributed by atoms with Gasteiger partial charge in [-0.15, -0.1) is 0 Å². The predicted octanol–water partition coefficient (Wildman–Crippen LogP) is 3.55. The van der Waals surface area contributed by atoms with Crippen LogP contribution >= 0.6 is 23.8 Å². The first kappa shape index (κ1) is 7.77. The van der Waals surface area contributed by atoms with Crippen LogP contribution in [0.15, 0.2) is 30.3 Å². The van der Waals surface area contributed by atoms with Gasteiger partial charge in [0.25, 0.3) is 0 Å². The van der Waals surface area contributed by atoms with Crippen molar-refractivity contribution in [2.45, 2.75) is 0 Å². The van der Waals surface area contributed by atoms with Gasteiger partial charge in [-0.2, -0.15) is 0 Å². The topological polar surface area (TPSA) is 15.8 Å². The Morgan fingerprint density at radius 3 is 2.83 bits per heavy atom. The number of pyridine rings is 1. The quantitative estimate of drug-likeness (QED) is 0.502. The Balaban J connectivity index is 2.99. The summed E-state index contributed by atoms with van der Waals surface area (Å²) in [6.45, 7) is 0. The van der Waals surface area contributed by atoms with E-state index in [1.165, 1.54) is 0 Å². The monoisotopic (exact) mass is 195 g/mol. The normalized spacial score (nSPS) is 10.4. The lowest BCUT2D eigenvalue weighted by Crippen LogP contribution is -1.79. The zero-order chi connectivity index (χ0) is 8.55. The van der Waals surface area contributed by atoms with Gasteiger partial charge in [0, 0.05) is 5.39 Å². The lowest BCUT2D eigenvalue weighted by molar-refractivity contribution is 1.33. The van der Waals surface area contributed by atoms with E-state index in [2.05, 4.69) is 4.98 Å². The van der Waals surface area contributed by atoms with E-state index in [1.54, 1.807) is 0 Å². The minimum absolute atomic E-state index is 0.609. The molecule has 1 aromatic heterocycles. The fraction of sp³-hybridized carbons (Fsp3) is 0. The van der Waals surface area contributed by atoms with Crippen LogP contribution in [0.3, 0.4) is 0 Å². The third-order valence-electron chi connectivity index (χ3n) is 1.72. The van der Waals surface area contributed by atoms with E-state index in [0.717, 1.165) is 10.8 Å². The van der Waals surface area contributed by atoms with Crippen LogP contribution in [-0.4, -0.2) is 4.98 Å². The van der Waals surface area contributed by atoms with Crippen molar-refractivity contribution >= 4 is 34.6 Å². The number of rotatable bonds is 0. The van der Waals surface area contributed by atoms with Crippen LogP contribution in [0.2, 0.25) is 5.15 Å². The molecular weight excluding hydrogens is 190 g/mol. The lowest BCUT2D eigenvalue weighted by atomic mass is 10.2. The van der Waals surface area contributed by atoms with Crippen molar-refractivity contribution in [1.82, 2.24) is 4.98 Å². The first-order chi connectivity index (χ1) is 5.77. The summed E-state index contributed by atoms with van der Waals surface area (Å²) in [6, 6.07) is 9.77. The Bertz CT molecular complexity index is 475. The number of fused-ring (bicyclic) bond motifs is 1. The first-order valence-electron chi connectivity index (χ1n) is 3.55. The van der Waals surface area contributed by atoms with Crippen LogP contribution in [0.25, 0.3) is 10.8 Å². The van der Waals surface area contributed by atoms with Crippen LogP contribution in [0.1, 0.15) is 0 Å². The molecule has 1 heterocycles. The summed E-state index contributed by atoms with van der Waals surface area (Å²) in [5.74, 6) is 0. The van der Waals surface area contributed by atoms with E-state index in [9.17, 15) is 0 Å². The number of benzene rings is 1. The average molecular weight is 196 g/mol. The van der Waals surface area contributed by atoms with E-state index >= 15 is 0 Å². The SMILES string of the molecule is S=c1cc2ccccc2c(Cl)[nH]1. The summed E-state index contributed by atoms with van der Waals surface area (Å²) >= 11 is 10.9. The Kier molecular flexibility index (Phi) is 1.87. The number of H-pyrrole nitrogens is 1. The molecule has 0 fully saturated rings. The largest absolute Gasteiger partial charge is 0.337 e. The zero-order valence-electron chi connectivity index (χ0n) is 6.17. The van der Waals surface area contributed by atoms with Crippen LogP contribution < -0.4 is 0 Å². The summed E-state index contributed by atoms with van der Waals surface area (Å²) in [4.78, 5) is 2.89. The van der Waals surface area contributed by atoms with Crippen molar-refractivity contribution < 1.29 is 0 Å². The molecule has 1 aromatic carbocycles. The summed E-state index contributed by atoms with van der Waals surface area (Å²) in [5, 5.41) is 2.69. The molecule has 60 valence electrons. The maximum absolute atomic E-state index is 5.94. The van der Waals surface area contributed by atoms with Gasteiger partial charge in [-0.3, -0.25) is 0 Å². The molecule has 1 N–H and O–H groups in total. The molecule has 0 unspecified atom stereocenters. The second-order valence-corrected chi connectivity index (χ2v) is 3.35. The molecule has 2 rings (SSSR count). The molecule has 0 aliphatic carbocycles. The summed E-state index contributed by atoms with van der Waals surface area (Å²) < 4.78 is 0.665. The molecule has 0 bridgehead atoms. The van der Waals surface area contributed by atoms with E-state index in [4.69, 9.17) is 23.8 Å². The Morgan fingerprint density at radius 1 is 1.25 bits per heavy atom. The molecule has 0 radical (unpaired) electrons. The molecular formula is C9H6ClNS. The lowest BCUT2D eigenvalue weighted by Gasteiger charge is -1.98. The number of nitrogens with one attached hydrogen (secondary N) is 1. The molecule has 3 heteroatoms. The van der Waals surface area contributed by atoms with Gasteiger partial charge in [0.2, 0.25) is 0 Å². The molecule has 0 saturated carbocycles. The van der Waals surface area contributed by atoms with E-state index in [-0.39, 0.29) is 0 Å². The van der Waals surface area contributed by atoms with E-state index in [0.29, 0.717) is 9.79 Å². The summed E-state index contributed by atoms with van der Waals surface area (Å²) in [7, 11) is 0. The molecule has 0 amide bonds. The molecule has 0 aliphatic heterocycles. The second kappa shape index (κ2) is 2.88. The van der Waals surface area contributed by atoms with Crippen molar-refractivity contribution in [2.75, 3.05) is 0 Å². The number of aromatic nitrogens is 1. The van der Waals surface area contributed by atoms with Gasteiger partial charge < -0.3 is 4.98 Å². The number of hydrogen-bond donors (Lipinski definition) is 1. The maximum Gasteiger partial charge on any atom is 0.115 e. The Morgan fingerprint density at radius 2 is 2.00 bits per heavy atom. The van der Waals surface area contributed by atoms with E-state index < -0.39 is 0 Å². The highest BCUT2D eigenvalue weighted by Crippen LogP contribution is 2.20. The van der Waals surface area contributed by atoms with Gasteiger partial charge in [-0.05, 0) is 11.5 Å². The van der Waals surface area contributed by atoms with Gasteiger partial charge >= 0.3 is 0 Å².